The maximum absolute atomic E-state index is 12.3. The predicted octanol–water partition coefficient (Wildman–Crippen LogP) is 1.75. The monoisotopic (exact) mass is 247 g/mol. The summed E-state index contributed by atoms with van der Waals surface area (Å²) in [6.45, 7) is 4.72. The molecule has 0 fully saturated rings. The van der Waals surface area contributed by atoms with Crippen molar-refractivity contribution in [2.45, 2.75) is 13.8 Å². The number of rotatable bonds is 3. The van der Waals surface area contributed by atoms with Crippen LogP contribution in [-0.2, 0) is 4.79 Å². The Kier molecular flexibility index (Phi) is 3.65. The third-order valence-electron chi connectivity index (χ3n) is 3.01. The highest BCUT2D eigenvalue weighted by Gasteiger charge is 2.25. The Morgan fingerprint density at radius 3 is 2.83 bits per heavy atom. The SMILES string of the molecule is CC(C)C(=O)CN1CCOc2ccccc2C1=O. The molecule has 0 bridgehead atoms. The molecule has 0 aliphatic carbocycles. The van der Waals surface area contributed by atoms with Crippen LogP contribution in [0, 0.1) is 5.92 Å². The second-order valence-corrected chi connectivity index (χ2v) is 4.69. The van der Waals surface area contributed by atoms with Crippen molar-refractivity contribution in [1.29, 1.82) is 0 Å². The zero-order valence-corrected chi connectivity index (χ0v) is 10.7. The van der Waals surface area contributed by atoms with E-state index in [1.165, 1.54) is 0 Å². The zero-order valence-electron chi connectivity index (χ0n) is 10.7. The summed E-state index contributed by atoms with van der Waals surface area (Å²) < 4.78 is 5.52. The minimum atomic E-state index is -0.128. The first-order valence-corrected chi connectivity index (χ1v) is 6.13. The fourth-order valence-electron chi connectivity index (χ4n) is 1.83. The molecule has 96 valence electrons. The van der Waals surface area contributed by atoms with Gasteiger partial charge in [0.05, 0.1) is 18.7 Å². The van der Waals surface area contributed by atoms with Gasteiger partial charge in [0.2, 0.25) is 0 Å². The number of carbonyl (C=O) groups excluding carboxylic acids is 2. The first kappa shape index (κ1) is 12.6. The van der Waals surface area contributed by atoms with Crippen molar-refractivity contribution in [2.24, 2.45) is 5.92 Å². The van der Waals surface area contributed by atoms with Crippen LogP contribution in [0.1, 0.15) is 24.2 Å². The summed E-state index contributed by atoms with van der Waals surface area (Å²) in [6, 6.07) is 7.14. The molecular weight excluding hydrogens is 230 g/mol. The molecule has 0 unspecified atom stereocenters. The number of amides is 1. The van der Waals surface area contributed by atoms with E-state index in [0.717, 1.165) is 0 Å². The molecule has 0 atom stereocenters. The van der Waals surface area contributed by atoms with Crippen LogP contribution < -0.4 is 4.74 Å². The van der Waals surface area contributed by atoms with Gasteiger partial charge in [-0.2, -0.15) is 0 Å². The highest BCUT2D eigenvalue weighted by atomic mass is 16.5. The number of para-hydroxylation sites is 1. The van der Waals surface area contributed by atoms with Gasteiger partial charge in [-0.05, 0) is 12.1 Å². The summed E-state index contributed by atoms with van der Waals surface area (Å²) in [6.07, 6.45) is 0. The summed E-state index contributed by atoms with van der Waals surface area (Å²) >= 11 is 0. The summed E-state index contributed by atoms with van der Waals surface area (Å²) in [7, 11) is 0. The molecule has 1 aromatic carbocycles. The highest BCUT2D eigenvalue weighted by molar-refractivity contribution is 5.99. The standard InChI is InChI=1S/C14H17NO3/c1-10(2)12(16)9-15-7-8-18-13-6-4-3-5-11(13)14(15)17/h3-6,10H,7-9H2,1-2H3. The molecule has 1 amide bonds. The van der Waals surface area contributed by atoms with Crippen LogP contribution in [0.15, 0.2) is 24.3 Å². The predicted molar refractivity (Wildman–Crippen MR) is 67.7 cm³/mol. The lowest BCUT2D eigenvalue weighted by Gasteiger charge is -2.19. The molecule has 18 heavy (non-hydrogen) atoms. The molecule has 0 radical (unpaired) electrons. The number of carbonyl (C=O) groups is 2. The highest BCUT2D eigenvalue weighted by Crippen LogP contribution is 2.22. The van der Waals surface area contributed by atoms with E-state index in [2.05, 4.69) is 0 Å². The van der Waals surface area contributed by atoms with Gasteiger partial charge in [-0.3, -0.25) is 9.59 Å². The molecular formula is C14H17NO3. The number of ketones is 1. The topological polar surface area (TPSA) is 46.6 Å². The molecule has 0 aromatic heterocycles. The minimum absolute atomic E-state index is 0.0581. The number of Topliss-reactive ketones (excluding diaryl/α,β-unsaturated/α-hetero) is 1. The molecule has 1 heterocycles. The van der Waals surface area contributed by atoms with E-state index < -0.39 is 0 Å². The molecule has 4 nitrogen and oxygen atoms in total. The van der Waals surface area contributed by atoms with Gasteiger partial charge in [-0.15, -0.1) is 0 Å². The molecule has 1 aromatic rings. The lowest BCUT2D eigenvalue weighted by molar-refractivity contribution is -0.122. The summed E-state index contributed by atoms with van der Waals surface area (Å²) in [5, 5.41) is 0. The van der Waals surface area contributed by atoms with Gasteiger partial charge in [0.25, 0.3) is 5.91 Å². The second-order valence-electron chi connectivity index (χ2n) is 4.69. The Hall–Kier alpha value is -1.84. The Balaban J connectivity index is 2.20. The van der Waals surface area contributed by atoms with Crippen molar-refractivity contribution in [2.75, 3.05) is 19.7 Å². The van der Waals surface area contributed by atoms with Crippen LogP contribution in [0.3, 0.4) is 0 Å². The normalized spacial score (nSPS) is 15.1. The van der Waals surface area contributed by atoms with Crippen molar-refractivity contribution in [3.8, 4) is 5.75 Å². The third kappa shape index (κ3) is 2.53. The van der Waals surface area contributed by atoms with Gasteiger partial charge in [-0.25, -0.2) is 0 Å². The number of ether oxygens (including phenoxy) is 1. The van der Waals surface area contributed by atoms with Gasteiger partial charge < -0.3 is 9.64 Å². The molecule has 0 saturated carbocycles. The van der Waals surface area contributed by atoms with Gasteiger partial charge in [0, 0.05) is 5.92 Å². The first-order chi connectivity index (χ1) is 8.59. The summed E-state index contributed by atoms with van der Waals surface area (Å²) in [5.74, 6) is 0.485. The summed E-state index contributed by atoms with van der Waals surface area (Å²) in [5.41, 5.74) is 0.534. The van der Waals surface area contributed by atoms with E-state index in [0.29, 0.717) is 24.5 Å². The van der Waals surface area contributed by atoms with E-state index in [1.54, 1.807) is 23.1 Å². The molecule has 0 spiro atoms. The maximum atomic E-state index is 12.3. The Morgan fingerprint density at radius 2 is 2.11 bits per heavy atom. The van der Waals surface area contributed by atoms with E-state index in [9.17, 15) is 9.59 Å². The van der Waals surface area contributed by atoms with Crippen molar-refractivity contribution in [3.05, 3.63) is 29.8 Å². The van der Waals surface area contributed by atoms with Gasteiger partial charge in [-0.1, -0.05) is 26.0 Å². The van der Waals surface area contributed by atoms with Crippen molar-refractivity contribution in [3.63, 3.8) is 0 Å². The average Bonchev–Trinajstić information content (AvgIpc) is 2.51. The smallest absolute Gasteiger partial charge is 0.258 e. The molecule has 0 N–H and O–H groups in total. The number of hydrogen-bond donors (Lipinski definition) is 0. The van der Waals surface area contributed by atoms with Crippen LogP contribution in [0.25, 0.3) is 0 Å². The van der Waals surface area contributed by atoms with Crippen LogP contribution in [-0.4, -0.2) is 36.3 Å². The van der Waals surface area contributed by atoms with E-state index in [-0.39, 0.29) is 24.2 Å². The van der Waals surface area contributed by atoms with Crippen LogP contribution in [0.4, 0.5) is 0 Å². The van der Waals surface area contributed by atoms with E-state index >= 15 is 0 Å². The average molecular weight is 247 g/mol. The van der Waals surface area contributed by atoms with Crippen LogP contribution in [0.2, 0.25) is 0 Å². The van der Waals surface area contributed by atoms with Crippen molar-refractivity contribution in [1.82, 2.24) is 4.90 Å². The Morgan fingerprint density at radius 1 is 1.39 bits per heavy atom. The van der Waals surface area contributed by atoms with E-state index in [4.69, 9.17) is 4.74 Å². The Bertz CT molecular complexity index is 468. The first-order valence-electron chi connectivity index (χ1n) is 6.13. The number of nitrogens with zero attached hydrogens (tertiary/aromatic N) is 1. The fraction of sp³-hybridized carbons (Fsp3) is 0.429. The fourth-order valence-corrected chi connectivity index (χ4v) is 1.83. The van der Waals surface area contributed by atoms with Crippen molar-refractivity contribution >= 4 is 11.7 Å². The molecule has 1 aliphatic rings. The zero-order chi connectivity index (χ0) is 13.1. The lowest BCUT2D eigenvalue weighted by Crippen LogP contribution is -2.38. The van der Waals surface area contributed by atoms with Crippen LogP contribution >= 0.6 is 0 Å². The molecule has 0 saturated heterocycles. The van der Waals surface area contributed by atoms with E-state index in [1.807, 2.05) is 19.9 Å². The number of fused-ring (bicyclic) bond motifs is 1. The summed E-state index contributed by atoms with van der Waals surface area (Å²) in [4.78, 5) is 25.6. The molecule has 2 rings (SSSR count). The molecule has 1 aliphatic heterocycles. The van der Waals surface area contributed by atoms with Gasteiger partial charge in [0.1, 0.15) is 12.4 Å². The van der Waals surface area contributed by atoms with Gasteiger partial charge in [0.15, 0.2) is 5.78 Å². The largest absolute Gasteiger partial charge is 0.491 e. The second kappa shape index (κ2) is 5.21. The lowest BCUT2D eigenvalue weighted by atomic mass is 10.1. The van der Waals surface area contributed by atoms with Crippen molar-refractivity contribution < 1.29 is 14.3 Å². The number of hydrogen-bond acceptors (Lipinski definition) is 3. The third-order valence-corrected chi connectivity index (χ3v) is 3.01. The molecule has 4 heteroatoms. The minimum Gasteiger partial charge on any atom is -0.491 e. The van der Waals surface area contributed by atoms with Crippen LogP contribution in [0.5, 0.6) is 5.75 Å². The number of benzene rings is 1. The maximum Gasteiger partial charge on any atom is 0.258 e. The quantitative estimate of drug-likeness (QED) is 0.817. The Labute approximate surface area is 107 Å². The van der Waals surface area contributed by atoms with Gasteiger partial charge >= 0.3 is 0 Å².